The van der Waals surface area contributed by atoms with Gasteiger partial charge >= 0.3 is 0 Å². The maximum Gasteiger partial charge on any atom is 0.151 e. The second-order valence-electron chi connectivity index (χ2n) is 4.56. The molecule has 3 heteroatoms. The molecule has 1 aliphatic rings. The fourth-order valence-corrected chi connectivity index (χ4v) is 2.02. The summed E-state index contributed by atoms with van der Waals surface area (Å²) in [6.07, 6.45) is 10.6. The summed E-state index contributed by atoms with van der Waals surface area (Å²) in [5.41, 5.74) is 0.555. The average Bonchev–Trinajstić information content (AvgIpc) is 2.38. The summed E-state index contributed by atoms with van der Waals surface area (Å²) in [6.45, 7) is 2.94. The lowest BCUT2D eigenvalue weighted by molar-refractivity contribution is 0.112. The molecule has 0 amide bonds. The van der Waals surface area contributed by atoms with Crippen molar-refractivity contribution in [3.63, 3.8) is 0 Å². The summed E-state index contributed by atoms with van der Waals surface area (Å²) in [5, 5.41) is 0. The molecule has 2 unspecified atom stereocenters. The third-order valence-electron chi connectivity index (χ3n) is 3.25. The van der Waals surface area contributed by atoms with E-state index in [0.717, 1.165) is 19.1 Å². The summed E-state index contributed by atoms with van der Waals surface area (Å²) >= 11 is 0. The van der Waals surface area contributed by atoms with Crippen molar-refractivity contribution >= 4 is 6.29 Å². The Balaban J connectivity index is 1.92. The summed E-state index contributed by atoms with van der Waals surface area (Å²) < 4.78 is 5.70. The van der Waals surface area contributed by atoms with Crippen LogP contribution in [0.3, 0.4) is 0 Å². The molecule has 3 nitrogen and oxygen atoms in total. The number of aldehydes is 1. The van der Waals surface area contributed by atoms with Gasteiger partial charge in [-0.2, -0.15) is 0 Å². The van der Waals surface area contributed by atoms with Crippen molar-refractivity contribution in [3.05, 3.63) is 36.2 Å². The van der Waals surface area contributed by atoms with Gasteiger partial charge in [0.2, 0.25) is 0 Å². The van der Waals surface area contributed by atoms with Gasteiger partial charge in [-0.3, -0.25) is 9.78 Å². The van der Waals surface area contributed by atoms with Crippen molar-refractivity contribution in [1.82, 2.24) is 4.98 Å². The summed E-state index contributed by atoms with van der Waals surface area (Å²) in [7, 11) is 0. The molecule has 2 rings (SSSR count). The summed E-state index contributed by atoms with van der Waals surface area (Å²) in [4.78, 5) is 14.6. The first-order valence-corrected chi connectivity index (χ1v) is 5.97. The van der Waals surface area contributed by atoms with Crippen LogP contribution in [-0.2, 0) is 0 Å². The fourth-order valence-electron chi connectivity index (χ4n) is 2.02. The van der Waals surface area contributed by atoms with Crippen molar-refractivity contribution in [2.45, 2.75) is 19.8 Å². The lowest BCUT2D eigenvalue weighted by Gasteiger charge is -2.25. The molecule has 0 aliphatic heterocycles. The smallest absolute Gasteiger partial charge is 0.151 e. The molecule has 0 saturated heterocycles. The first kappa shape index (κ1) is 11.8. The zero-order valence-electron chi connectivity index (χ0n) is 10.0. The highest BCUT2D eigenvalue weighted by molar-refractivity contribution is 5.74. The maximum absolute atomic E-state index is 10.6. The van der Waals surface area contributed by atoms with E-state index in [0.29, 0.717) is 29.8 Å². The molecule has 17 heavy (non-hydrogen) atoms. The van der Waals surface area contributed by atoms with Crippen LogP contribution in [0, 0.1) is 11.8 Å². The molecule has 1 aliphatic carbocycles. The molecule has 2 atom stereocenters. The van der Waals surface area contributed by atoms with E-state index in [9.17, 15) is 4.79 Å². The van der Waals surface area contributed by atoms with Gasteiger partial charge in [-0.15, -0.1) is 0 Å². The molecule has 0 aromatic carbocycles. The van der Waals surface area contributed by atoms with Crippen molar-refractivity contribution in [3.8, 4) is 5.75 Å². The van der Waals surface area contributed by atoms with Crippen LogP contribution in [0.25, 0.3) is 0 Å². The van der Waals surface area contributed by atoms with Crippen molar-refractivity contribution < 1.29 is 9.53 Å². The van der Waals surface area contributed by atoms with Crippen molar-refractivity contribution in [2.75, 3.05) is 6.61 Å². The van der Waals surface area contributed by atoms with Gasteiger partial charge in [0.25, 0.3) is 0 Å². The van der Waals surface area contributed by atoms with Crippen LogP contribution in [0.2, 0.25) is 0 Å². The quantitative estimate of drug-likeness (QED) is 0.591. The molecule has 1 heterocycles. The Kier molecular flexibility index (Phi) is 3.91. The Hall–Kier alpha value is -1.64. The van der Waals surface area contributed by atoms with E-state index < -0.39 is 0 Å². The standard InChI is InChI=1S/C14H17NO2/c1-11-4-2-3-5-13(11)10-17-14-6-12(9-16)7-15-8-14/h2-3,6-9,11,13H,4-5,10H2,1H3. The Morgan fingerprint density at radius 1 is 1.41 bits per heavy atom. The van der Waals surface area contributed by atoms with Gasteiger partial charge in [-0.1, -0.05) is 19.1 Å². The van der Waals surface area contributed by atoms with Crippen LogP contribution < -0.4 is 4.74 Å². The molecule has 0 radical (unpaired) electrons. The minimum Gasteiger partial charge on any atom is -0.492 e. The van der Waals surface area contributed by atoms with Gasteiger partial charge in [0.15, 0.2) is 6.29 Å². The zero-order chi connectivity index (χ0) is 12.1. The minimum atomic E-state index is 0.555. The van der Waals surface area contributed by atoms with Gasteiger partial charge in [0.1, 0.15) is 5.75 Å². The predicted molar refractivity (Wildman–Crippen MR) is 66.1 cm³/mol. The first-order chi connectivity index (χ1) is 8.29. The lowest BCUT2D eigenvalue weighted by Crippen LogP contribution is -2.21. The molecule has 0 saturated carbocycles. The number of carbonyl (C=O) groups excluding carboxylic acids is 1. The van der Waals surface area contributed by atoms with Gasteiger partial charge in [-0.05, 0) is 30.7 Å². The van der Waals surface area contributed by atoms with E-state index in [4.69, 9.17) is 4.74 Å². The number of ether oxygens (including phenoxy) is 1. The number of aromatic nitrogens is 1. The summed E-state index contributed by atoms with van der Waals surface area (Å²) in [5.74, 6) is 1.89. The SMILES string of the molecule is CC1CC=CCC1COc1cncc(C=O)c1. The Morgan fingerprint density at radius 2 is 2.24 bits per heavy atom. The van der Waals surface area contributed by atoms with Gasteiger partial charge < -0.3 is 4.74 Å². The van der Waals surface area contributed by atoms with Gasteiger partial charge in [-0.25, -0.2) is 0 Å². The second-order valence-corrected chi connectivity index (χ2v) is 4.56. The number of rotatable bonds is 4. The van der Waals surface area contributed by atoms with Crippen molar-refractivity contribution in [1.29, 1.82) is 0 Å². The summed E-state index contributed by atoms with van der Waals surface area (Å²) in [6, 6.07) is 1.73. The lowest BCUT2D eigenvalue weighted by atomic mass is 9.85. The molecule has 0 bridgehead atoms. The van der Waals surface area contributed by atoms with Crippen LogP contribution >= 0.6 is 0 Å². The van der Waals surface area contributed by atoms with Crippen LogP contribution in [0.5, 0.6) is 5.75 Å². The Morgan fingerprint density at radius 3 is 3.00 bits per heavy atom. The predicted octanol–water partition coefficient (Wildman–Crippen LogP) is 2.88. The highest BCUT2D eigenvalue weighted by Crippen LogP contribution is 2.25. The highest BCUT2D eigenvalue weighted by atomic mass is 16.5. The average molecular weight is 231 g/mol. The zero-order valence-corrected chi connectivity index (χ0v) is 10.0. The van der Waals surface area contributed by atoms with Gasteiger partial charge in [0.05, 0.1) is 12.8 Å². The second kappa shape index (κ2) is 5.62. The molecule has 90 valence electrons. The van der Waals surface area contributed by atoms with Crippen LogP contribution in [-0.4, -0.2) is 17.9 Å². The number of hydrogen-bond donors (Lipinski definition) is 0. The van der Waals surface area contributed by atoms with Crippen LogP contribution in [0.4, 0.5) is 0 Å². The third kappa shape index (κ3) is 3.16. The largest absolute Gasteiger partial charge is 0.492 e. The molecule has 0 spiro atoms. The van der Waals surface area contributed by atoms with Crippen molar-refractivity contribution in [2.24, 2.45) is 11.8 Å². The van der Waals surface area contributed by atoms with E-state index in [1.807, 2.05) is 0 Å². The molecular weight excluding hydrogens is 214 g/mol. The number of nitrogens with zero attached hydrogens (tertiary/aromatic N) is 1. The molecule has 0 fully saturated rings. The third-order valence-corrected chi connectivity index (χ3v) is 3.25. The molecule has 1 aromatic heterocycles. The van der Waals surface area contributed by atoms with Crippen LogP contribution in [0.15, 0.2) is 30.6 Å². The fraction of sp³-hybridized carbons (Fsp3) is 0.429. The molecule has 1 aromatic rings. The number of carbonyl (C=O) groups is 1. The van der Waals surface area contributed by atoms with Gasteiger partial charge in [0, 0.05) is 11.8 Å². The van der Waals surface area contributed by atoms with E-state index >= 15 is 0 Å². The monoisotopic (exact) mass is 231 g/mol. The van der Waals surface area contributed by atoms with Crippen LogP contribution in [0.1, 0.15) is 30.1 Å². The minimum absolute atomic E-state index is 0.555. The maximum atomic E-state index is 10.6. The topological polar surface area (TPSA) is 39.2 Å². The highest BCUT2D eigenvalue weighted by Gasteiger charge is 2.18. The molecular formula is C14H17NO2. The molecule has 0 N–H and O–H groups in total. The number of allylic oxidation sites excluding steroid dienone is 2. The number of pyridine rings is 1. The number of hydrogen-bond acceptors (Lipinski definition) is 3. The van der Waals surface area contributed by atoms with E-state index in [1.54, 1.807) is 12.3 Å². The van der Waals surface area contributed by atoms with E-state index in [-0.39, 0.29) is 0 Å². The van der Waals surface area contributed by atoms with E-state index in [1.165, 1.54) is 6.20 Å². The Bertz CT molecular complexity index is 414. The van der Waals surface area contributed by atoms with E-state index in [2.05, 4.69) is 24.1 Å². The Labute approximate surface area is 102 Å². The first-order valence-electron chi connectivity index (χ1n) is 5.97. The normalized spacial score (nSPS) is 23.4.